The number of alkyl halides is 3. The van der Waals surface area contributed by atoms with Gasteiger partial charge in [-0.2, -0.15) is 13.2 Å². The third kappa shape index (κ3) is 3.15. The molecule has 20 heavy (non-hydrogen) atoms. The van der Waals surface area contributed by atoms with Crippen LogP contribution >= 0.6 is 0 Å². The van der Waals surface area contributed by atoms with E-state index in [4.69, 9.17) is 0 Å². The van der Waals surface area contributed by atoms with Gasteiger partial charge in [0.25, 0.3) is 0 Å². The van der Waals surface area contributed by atoms with E-state index < -0.39 is 17.8 Å². The first-order chi connectivity index (χ1) is 9.41. The summed E-state index contributed by atoms with van der Waals surface area (Å²) >= 11 is 0. The van der Waals surface area contributed by atoms with Crippen LogP contribution < -0.4 is 10.2 Å². The number of nitrogens with zero attached hydrogens (tertiary/aromatic N) is 1. The Kier molecular flexibility index (Phi) is 4.06. The van der Waals surface area contributed by atoms with E-state index in [0.717, 1.165) is 38.1 Å². The summed E-state index contributed by atoms with van der Waals surface area (Å²) in [5.74, 6) is 0. The molecule has 1 fully saturated rings. The summed E-state index contributed by atoms with van der Waals surface area (Å²) in [6, 6.07) is 3.35. The zero-order chi connectivity index (χ0) is 14.8. The van der Waals surface area contributed by atoms with Gasteiger partial charge in [-0.3, -0.25) is 5.32 Å². The fourth-order valence-electron chi connectivity index (χ4n) is 2.21. The molecule has 1 aromatic rings. The van der Waals surface area contributed by atoms with Gasteiger partial charge in [0.05, 0.1) is 24.0 Å². The van der Waals surface area contributed by atoms with Crippen molar-refractivity contribution in [3.63, 3.8) is 0 Å². The Labute approximate surface area is 114 Å². The molecular weight excluding hydrogens is 273 g/mol. The molecule has 0 unspecified atom stereocenters. The molecule has 0 bridgehead atoms. The highest BCUT2D eigenvalue weighted by Crippen LogP contribution is 2.36. The first kappa shape index (κ1) is 14.5. The smallest absolute Gasteiger partial charge is 0.416 e. The van der Waals surface area contributed by atoms with Gasteiger partial charge in [-0.1, -0.05) is 0 Å². The second kappa shape index (κ2) is 5.60. The van der Waals surface area contributed by atoms with Crippen LogP contribution in [0.5, 0.6) is 0 Å². The zero-order valence-electron chi connectivity index (χ0n) is 11.0. The Hall–Kier alpha value is -1.92. The van der Waals surface area contributed by atoms with Crippen LogP contribution in [0.15, 0.2) is 18.2 Å². The lowest BCUT2D eigenvalue weighted by molar-refractivity contribution is -0.137. The van der Waals surface area contributed by atoms with Crippen LogP contribution in [0.2, 0.25) is 0 Å². The number of nitrogens with one attached hydrogen (secondary N) is 1. The Bertz CT molecular complexity index is 497. The second-order valence-corrected chi connectivity index (χ2v) is 4.54. The van der Waals surface area contributed by atoms with Crippen molar-refractivity contribution < 1.29 is 22.7 Å². The number of rotatable bonds is 2. The van der Waals surface area contributed by atoms with Crippen molar-refractivity contribution >= 4 is 17.5 Å². The molecule has 1 aliphatic heterocycles. The van der Waals surface area contributed by atoms with E-state index in [2.05, 4.69) is 10.1 Å². The zero-order valence-corrected chi connectivity index (χ0v) is 11.0. The number of benzene rings is 1. The average molecular weight is 288 g/mol. The topological polar surface area (TPSA) is 41.6 Å². The lowest BCUT2D eigenvalue weighted by Crippen LogP contribution is -2.21. The van der Waals surface area contributed by atoms with Crippen molar-refractivity contribution in [2.75, 3.05) is 30.4 Å². The summed E-state index contributed by atoms with van der Waals surface area (Å²) in [5, 5.41) is 2.35. The van der Waals surface area contributed by atoms with Gasteiger partial charge in [-0.15, -0.1) is 0 Å². The summed E-state index contributed by atoms with van der Waals surface area (Å²) in [6.45, 7) is 1.53. The van der Waals surface area contributed by atoms with Crippen LogP contribution in [0.4, 0.5) is 29.3 Å². The van der Waals surface area contributed by atoms with Gasteiger partial charge in [0, 0.05) is 13.1 Å². The van der Waals surface area contributed by atoms with Gasteiger partial charge in [0.2, 0.25) is 0 Å². The highest BCUT2D eigenvalue weighted by Gasteiger charge is 2.32. The van der Waals surface area contributed by atoms with Crippen LogP contribution in [0, 0.1) is 0 Å². The third-order valence-corrected chi connectivity index (χ3v) is 3.19. The van der Waals surface area contributed by atoms with E-state index in [9.17, 15) is 18.0 Å². The van der Waals surface area contributed by atoms with Crippen molar-refractivity contribution in [1.82, 2.24) is 0 Å². The van der Waals surface area contributed by atoms with Crippen LogP contribution in [-0.4, -0.2) is 26.3 Å². The molecule has 0 spiro atoms. The third-order valence-electron chi connectivity index (χ3n) is 3.19. The summed E-state index contributed by atoms with van der Waals surface area (Å²) < 4.78 is 42.7. The van der Waals surface area contributed by atoms with Crippen LogP contribution in [0.3, 0.4) is 0 Å². The minimum atomic E-state index is -4.45. The van der Waals surface area contributed by atoms with Crippen molar-refractivity contribution in [2.24, 2.45) is 0 Å². The first-order valence-electron chi connectivity index (χ1n) is 6.23. The maximum atomic E-state index is 12.7. The summed E-state index contributed by atoms with van der Waals surface area (Å²) in [5.41, 5.74) is -0.0960. The van der Waals surface area contributed by atoms with Gasteiger partial charge in [-0.05, 0) is 31.0 Å². The SMILES string of the molecule is COC(=O)Nc1cc(C(F)(F)F)ccc1N1CCCC1. The molecule has 0 radical (unpaired) electrons. The van der Waals surface area contributed by atoms with Crippen molar-refractivity contribution in [1.29, 1.82) is 0 Å². The predicted molar refractivity (Wildman–Crippen MR) is 68.9 cm³/mol. The Morgan fingerprint density at radius 1 is 1.30 bits per heavy atom. The van der Waals surface area contributed by atoms with Crippen molar-refractivity contribution in [3.8, 4) is 0 Å². The predicted octanol–water partition coefficient (Wildman–Crippen LogP) is 3.48. The van der Waals surface area contributed by atoms with Gasteiger partial charge >= 0.3 is 12.3 Å². The normalized spacial score (nSPS) is 15.3. The number of hydrogen-bond donors (Lipinski definition) is 1. The number of carbonyl (C=O) groups is 1. The van der Waals surface area contributed by atoms with Gasteiger partial charge in [0.1, 0.15) is 0 Å². The number of hydrogen-bond acceptors (Lipinski definition) is 3. The molecule has 1 amide bonds. The molecular formula is C13H15F3N2O2. The standard InChI is InChI=1S/C13H15F3N2O2/c1-20-12(19)17-10-8-9(13(14,15)16)4-5-11(10)18-6-2-3-7-18/h4-5,8H,2-3,6-7H2,1H3,(H,17,19). The largest absolute Gasteiger partial charge is 0.453 e. The number of methoxy groups -OCH3 is 1. The van der Waals surface area contributed by atoms with E-state index in [0.29, 0.717) is 5.69 Å². The Morgan fingerprint density at radius 3 is 2.50 bits per heavy atom. The van der Waals surface area contributed by atoms with E-state index in [1.165, 1.54) is 13.2 Å². The Balaban J connectivity index is 2.37. The maximum Gasteiger partial charge on any atom is 0.416 e. The van der Waals surface area contributed by atoms with E-state index in [1.807, 2.05) is 4.90 Å². The van der Waals surface area contributed by atoms with E-state index in [-0.39, 0.29) is 5.69 Å². The molecule has 0 atom stereocenters. The van der Waals surface area contributed by atoms with Crippen LogP contribution in [-0.2, 0) is 10.9 Å². The van der Waals surface area contributed by atoms with E-state index in [1.54, 1.807) is 0 Å². The molecule has 0 aromatic heterocycles. The molecule has 1 N–H and O–H groups in total. The van der Waals surface area contributed by atoms with Gasteiger partial charge < -0.3 is 9.64 Å². The minimum Gasteiger partial charge on any atom is -0.453 e. The highest BCUT2D eigenvalue weighted by atomic mass is 19.4. The quantitative estimate of drug-likeness (QED) is 0.905. The highest BCUT2D eigenvalue weighted by molar-refractivity contribution is 5.90. The lowest BCUT2D eigenvalue weighted by Gasteiger charge is -2.22. The molecule has 0 aliphatic carbocycles. The minimum absolute atomic E-state index is 0.119. The number of anilines is 2. The summed E-state index contributed by atoms with van der Waals surface area (Å²) in [7, 11) is 1.17. The van der Waals surface area contributed by atoms with Crippen molar-refractivity contribution in [3.05, 3.63) is 23.8 Å². The fourth-order valence-corrected chi connectivity index (χ4v) is 2.21. The molecule has 7 heteroatoms. The van der Waals surface area contributed by atoms with Gasteiger partial charge in [-0.25, -0.2) is 4.79 Å². The van der Waals surface area contributed by atoms with Crippen LogP contribution in [0.1, 0.15) is 18.4 Å². The number of halogens is 3. The number of carbonyl (C=O) groups excluding carboxylic acids is 1. The molecule has 2 rings (SSSR count). The summed E-state index contributed by atoms with van der Waals surface area (Å²) in [6.07, 6.45) is -3.27. The molecule has 1 heterocycles. The van der Waals surface area contributed by atoms with Crippen LogP contribution in [0.25, 0.3) is 0 Å². The first-order valence-corrected chi connectivity index (χ1v) is 6.23. The average Bonchev–Trinajstić information content (AvgIpc) is 2.91. The Morgan fingerprint density at radius 2 is 1.95 bits per heavy atom. The van der Waals surface area contributed by atoms with E-state index >= 15 is 0 Å². The molecule has 1 saturated heterocycles. The monoisotopic (exact) mass is 288 g/mol. The molecule has 1 aliphatic rings. The fraction of sp³-hybridized carbons (Fsp3) is 0.462. The summed E-state index contributed by atoms with van der Waals surface area (Å²) in [4.78, 5) is 13.2. The van der Waals surface area contributed by atoms with Crippen molar-refractivity contribution in [2.45, 2.75) is 19.0 Å². The number of ether oxygens (including phenoxy) is 1. The lowest BCUT2D eigenvalue weighted by atomic mass is 10.1. The molecule has 4 nitrogen and oxygen atoms in total. The molecule has 1 aromatic carbocycles. The number of amides is 1. The van der Waals surface area contributed by atoms with Gasteiger partial charge in [0.15, 0.2) is 0 Å². The maximum absolute atomic E-state index is 12.7. The molecule has 110 valence electrons. The molecule has 0 saturated carbocycles. The second-order valence-electron chi connectivity index (χ2n) is 4.54.